The van der Waals surface area contributed by atoms with Crippen molar-refractivity contribution in [2.24, 2.45) is 16.2 Å². The summed E-state index contributed by atoms with van der Waals surface area (Å²) in [5.41, 5.74) is 2.24. The molecular formula is C40H71NO7. The Kier molecular flexibility index (Phi) is 25.6. The van der Waals surface area contributed by atoms with Gasteiger partial charge in [0.25, 0.3) is 0 Å². The molecule has 0 saturated heterocycles. The molecule has 8 nitrogen and oxygen atoms in total. The molecule has 0 aliphatic heterocycles. The summed E-state index contributed by atoms with van der Waals surface area (Å²) in [6, 6.07) is 7.85. The maximum atomic E-state index is 11.2. The Bertz CT molecular complexity index is 1030. The Morgan fingerprint density at radius 3 is 1.71 bits per heavy atom. The zero-order valence-corrected chi connectivity index (χ0v) is 32.8. The summed E-state index contributed by atoms with van der Waals surface area (Å²) >= 11 is 0. The number of nitrogens with one attached hydrogen (secondary N) is 1. The van der Waals surface area contributed by atoms with E-state index in [1.807, 2.05) is 25.1 Å². The zero-order valence-electron chi connectivity index (χ0n) is 32.8. The molecule has 0 aromatic heterocycles. The largest absolute Gasteiger partial charge is 0.482 e. The molecule has 0 radical (unpaired) electrons. The van der Waals surface area contributed by atoms with E-state index in [0.717, 1.165) is 38.5 Å². The van der Waals surface area contributed by atoms with Gasteiger partial charge in [-0.25, -0.2) is 4.79 Å². The van der Waals surface area contributed by atoms with E-state index in [-0.39, 0.29) is 42.2 Å². The number of Topliss-reactive ketones (excluding diaryl/α,β-unsaturated/α-hetero) is 1. The molecule has 48 heavy (non-hydrogen) atoms. The summed E-state index contributed by atoms with van der Waals surface area (Å²) in [6.07, 6.45) is 11.1. The number of benzene rings is 1. The number of esters is 2. The summed E-state index contributed by atoms with van der Waals surface area (Å²) < 4.78 is 15.1. The molecule has 1 amide bonds. The van der Waals surface area contributed by atoms with Crippen LogP contribution in [0.1, 0.15) is 153 Å². The predicted molar refractivity (Wildman–Crippen MR) is 197 cm³/mol. The third kappa shape index (κ3) is 35.9. The SMILES string of the molecule is CC(=O)CNC(=O)CCCCC(C)(C)C.CCOC(=O)CCCCCCC(C)(C)C.CCOC(=O)COc1cccc(CC(C)(C)C)c1. The van der Waals surface area contributed by atoms with E-state index >= 15 is 0 Å². The van der Waals surface area contributed by atoms with E-state index in [1.165, 1.54) is 31.7 Å². The van der Waals surface area contributed by atoms with Crippen molar-refractivity contribution in [2.75, 3.05) is 26.4 Å². The van der Waals surface area contributed by atoms with E-state index in [4.69, 9.17) is 14.2 Å². The average Bonchev–Trinajstić information content (AvgIpc) is 2.94. The van der Waals surface area contributed by atoms with Gasteiger partial charge in [-0.1, -0.05) is 100 Å². The number of rotatable bonds is 18. The summed E-state index contributed by atoms with van der Waals surface area (Å²) in [5, 5.41) is 2.59. The first-order chi connectivity index (χ1) is 22.2. The highest BCUT2D eigenvalue weighted by Crippen LogP contribution is 2.24. The van der Waals surface area contributed by atoms with Crippen LogP contribution in [-0.2, 0) is 35.1 Å². The lowest BCUT2D eigenvalue weighted by molar-refractivity contribution is -0.145. The molecule has 278 valence electrons. The highest BCUT2D eigenvalue weighted by molar-refractivity contribution is 5.84. The fourth-order valence-corrected chi connectivity index (χ4v) is 4.47. The molecule has 0 saturated carbocycles. The molecule has 0 atom stereocenters. The van der Waals surface area contributed by atoms with Gasteiger partial charge in [0.05, 0.1) is 19.8 Å². The molecule has 0 fully saturated rings. The number of carbonyl (C=O) groups excluding carboxylic acids is 4. The lowest BCUT2D eigenvalue weighted by Gasteiger charge is -2.18. The molecule has 1 aromatic rings. The van der Waals surface area contributed by atoms with Crippen LogP contribution in [0.2, 0.25) is 0 Å². The highest BCUT2D eigenvalue weighted by atomic mass is 16.6. The molecule has 0 unspecified atom stereocenters. The van der Waals surface area contributed by atoms with Gasteiger partial charge in [-0.05, 0) is 86.8 Å². The predicted octanol–water partition coefficient (Wildman–Crippen LogP) is 9.45. The number of ether oxygens (including phenoxy) is 3. The van der Waals surface area contributed by atoms with Crippen molar-refractivity contribution in [3.05, 3.63) is 29.8 Å². The first kappa shape index (κ1) is 47.2. The molecule has 0 bridgehead atoms. The molecule has 0 spiro atoms. The van der Waals surface area contributed by atoms with Gasteiger partial charge in [0.1, 0.15) is 11.5 Å². The normalized spacial score (nSPS) is 11.2. The fraction of sp³-hybridized carbons (Fsp3) is 0.750. The number of ketones is 1. The summed E-state index contributed by atoms with van der Waals surface area (Å²) in [7, 11) is 0. The topological polar surface area (TPSA) is 108 Å². The maximum Gasteiger partial charge on any atom is 0.344 e. The molecule has 0 aliphatic rings. The van der Waals surface area contributed by atoms with Gasteiger partial charge >= 0.3 is 11.9 Å². The molecule has 1 aromatic carbocycles. The van der Waals surface area contributed by atoms with E-state index in [9.17, 15) is 19.2 Å². The van der Waals surface area contributed by atoms with Crippen molar-refractivity contribution in [3.8, 4) is 5.75 Å². The van der Waals surface area contributed by atoms with Crippen LogP contribution in [0.25, 0.3) is 0 Å². The quantitative estimate of drug-likeness (QED) is 0.122. The summed E-state index contributed by atoms with van der Waals surface area (Å²) in [5.74, 6) is 0.314. The Balaban J connectivity index is 0. The minimum atomic E-state index is -0.335. The van der Waals surface area contributed by atoms with Gasteiger partial charge in [0, 0.05) is 12.8 Å². The third-order valence-corrected chi connectivity index (χ3v) is 6.77. The lowest BCUT2D eigenvalue weighted by atomic mass is 9.88. The maximum absolute atomic E-state index is 11.2. The number of hydrogen-bond donors (Lipinski definition) is 1. The number of carbonyl (C=O) groups is 4. The van der Waals surface area contributed by atoms with Crippen molar-refractivity contribution >= 4 is 23.6 Å². The van der Waals surface area contributed by atoms with Crippen LogP contribution in [-0.4, -0.2) is 50.0 Å². The first-order valence-corrected chi connectivity index (χ1v) is 18.0. The minimum absolute atomic E-state index is 0.00181. The van der Waals surface area contributed by atoms with E-state index in [0.29, 0.717) is 42.6 Å². The minimum Gasteiger partial charge on any atom is -0.482 e. The van der Waals surface area contributed by atoms with Crippen molar-refractivity contribution in [1.82, 2.24) is 5.32 Å². The standard InChI is InChI=1S/C15H22O3.C13H26O2.C12H23NO2/c1-5-17-14(16)11-18-13-8-6-7-12(9-13)10-15(2,3)4;1-5-15-12(14)10-8-6-7-9-11-13(2,3)4;1-10(14)9-13-11(15)7-5-6-8-12(2,3)4/h6-9H,5,10-11H2,1-4H3;5-11H2,1-4H3;5-9H2,1-4H3,(H,13,15). The zero-order chi connectivity index (χ0) is 37.2. The third-order valence-electron chi connectivity index (χ3n) is 6.77. The van der Waals surface area contributed by atoms with Crippen LogP contribution >= 0.6 is 0 Å². The molecule has 0 heterocycles. The van der Waals surface area contributed by atoms with Crippen LogP contribution in [0, 0.1) is 16.2 Å². The van der Waals surface area contributed by atoms with Gasteiger partial charge in [0.15, 0.2) is 6.61 Å². The Morgan fingerprint density at radius 1 is 0.667 bits per heavy atom. The van der Waals surface area contributed by atoms with E-state index in [2.05, 4.69) is 73.7 Å². The molecule has 1 N–H and O–H groups in total. The van der Waals surface area contributed by atoms with Crippen molar-refractivity contribution < 1.29 is 33.4 Å². The first-order valence-electron chi connectivity index (χ1n) is 18.0. The van der Waals surface area contributed by atoms with Gasteiger partial charge in [-0.15, -0.1) is 0 Å². The molecule has 1 rings (SSSR count). The summed E-state index contributed by atoms with van der Waals surface area (Å²) in [6.45, 7) is 26.1. The van der Waals surface area contributed by atoms with E-state index < -0.39 is 0 Å². The molecule has 0 aliphatic carbocycles. The van der Waals surface area contributed by atoms with Crippen LogP contribution in [0.5, 0.6) is 5.75 Å². The number of hydrogen-bond acceptors (Lipinski definition) is 7. The van der Waals surface area contributed by atoms with E-state index in [1.54, 1.807) is 6.92 Å². The Hall–Kier alpha value is -2.90. The second-order valence-electron chi connectivity index (χ2n) is 16.0. The Labute approximate surface area is 293 Å². The fourth-order valence-electron chi connectivity index (χ4n) is 4.47. The monoisotopic (exact) mass is 678 g/mol. The molecular weight excluding hydrogens is 606 g/mol. The van der Waals surface area contributed by atoms with Gasteiger partial charge in [0.2, 0.25) is 5.91 Å². The Morgan fingerprint density at radius 2 is 1.19 bits per heavy atom. The van der Waals surface area contributed by atoms with Crippen molar-refractivity contribution in [3.63, 3.8) is 0 Å². The molecule has 8 heteroatoms. The average molecular weight is 678 g/mol. The van der Waals surface area contributed by atoms with Gasteiger partial charge < -0.3 is 19.5 Å². The van der Waals surface area contributed by atoms with Crippen LogP contribution in [0.15, 0.2) is 24.3 Å². The van der Waals surface area contributed by atoms with Gasteiger partial charge in [-0.2, -0.15) is 0 Å². The smallest absolute Gasteiger partial charge is 0.344 e. The number of amides is 1. The number of unbranched alkanes of at least 4 members (excludes halogenated alkanes) is 4. The highest BCUT2D eigenvalue weighted by Gasteiger charge is 2.13. The van der Waals surface area contributed by atoms with Crippen molar-refractivity contribution in [1.29, 1.82) is 0 Å². The van der Waals surface area contributed by atoms with Crippen LogP contribution in [0.3, 0.4) is 0 Å². The second-order valence-corrected chi connectivity index (χ2v) is 16.0. The van der Waals surface area contributed by atoms with Crippen LogP contribution in [0.4, 0.5) is 0 Å². The van der Waals surface area contributed by atoms with Crippen LogP contribution < -0.4 is 10.1 Å². The summed E-state index contributed by atoms with van der Waals surface area (Å²) in [4.78, 5) is 44.0. The van der Waals surface area contributed by atoms with Crippen molar-refractivity contribution in [2.45, 2.75) is 154 Å². The second kappa shape index (κ2) is 26.0. The van der Waals surface area contributed by atoms with Gasteiger partial charge in [-0.3, -0.25) is 14.4 Å². The lowest BCUT2D eigenvalue weighted by Crippen LogP contribution is -2.27.